The predicted molar refractivity (Wildman–Crippen MR) is 188 cm³/mol. The van der Waals surface area contributed by atoms with E-state index in [-0.39, 0.29) is 30.2 Å². The van der Waals surface area contributed by atoms with Crippen LogP contribution in [0.4, 0.5) is 5.69 Å². The molecular weight excluding hydrogens is 630 g/mol. The van der Waals surface area contributed by atoms with Gasteiger partial charge in [0.25, 0.3) is 5.91 Å². The minimum atomic E-state index is -0.578. The lowest BCUT2D eigenvalue weighted by Gasteiger charge is -2.34. The van der Waals surface area contributed by atoms with E-state index in [2.05, 4.69) is 61.5 Å². The Morgan fingerprint density at radius 2 is 1.68 bits per heavy atom. The molecule has 0 saturated carbocycles. The van der Waals surface area contributed by atoms with Gasteiger partial charge in [0, 0.05) is 94.0 Å². The van der Waals surface area contributed by atoms with Crippen LogP contribution in [-0.2, 0) is 29.7 Å². The highest BCUT2D eigenvalue weighted by molar-refractivity contribution is 6.05. The molecule has 0 radical (unpaired) electrons. The standard InChI is InChI=1S/C39H43N7O4/c1-43-21-16-40-37(43)29-5-11-36(41-23-29)50-32-14-19-45(20-15-32)31-6-2-26(3-7-31)24-44-17-12-27(13-18-44)28-4-8-33-30(22-28)25-46(39(33)49)34-9-10-35(47)42-38(34)48/h2-8,11,16,21-23,27,32,34H,9-10,12-15,17-20,24-25H2,1H3,(H,42,47,48). The minimum absolute atomic E-state index is 0.114. The van der Waals surface area contributed by atoms with Crippen LogP contribution in [0.2, 0.25) is 0 Å². The van der Waals surface area contributed by atoms with Crippen LogP contribution in [0.15, 0.2) is 73.2 Å². The van der Waals surface area contributed by atoms with Crippen molar-refractivity contribution in [3.8, 4) is 17.3 Å². The van der Waals surface area contributed by atoms with Crippen LogP contribution in [0.3, 0.4) is 0 Å². The average molecular weight is 674 g/mol. The number of carbonyl (C=O) groups excluding carboxylic acids is 3. The predicted octanol–water partition coefficient (Wildman–Crippen LogP) is 4.67. The van der Waals surface area contributed by atoms with Gasteiger partial charge in [0.2, 0.25) is 17.7 Å². The van der Waals surface area contributed by atoms with Crippen LogP contribution in [0.25, 0.3) is 11.4 Å². The Hall–Kier alpha value is -5.03. The molecule has 3 saturated heterocycles. The molecule has 1 unspecified atom stereocenters. The van der Waals surface area contributed by atoms with E-state index in [4.69, 9.17) is 4.74 Å². The number of amides is 3. The number of ether oxygens (including phenoxy) is 1. The lowest BCUT2D eigenvalue weighted by Crippen LogP contribution is -2.52. The van der Waals surface area contributed by atoms with E-state index in [1.165, 1.54) is 16.8 Å². The fourth-order valence-electron chi connectivity index (χ4n) is 7.97. The smallest absolute Gasteiger partial charge is 0.255 e. The van der Waals surface area contributed by atoms with Crippen molar-refractivity contribution in [2.75, 3.05) is 31.1 Å². The molecule has 0 aliphatic carbocycles. The number of nitrogens with one attached hydrogen (secondary N) is 1. The number of carbonyl (C=O) groups is 3. The second kappa shape index (κ2) is 13.7. The maximum Gasteiger partial charge on any atom is 0.255 e. The number of benzene rings is 2. The normalized spacial score (nSPS) is 20.7. The lowest BCUT2D eigenvalue weighted by molar-refractivity contribution is -0.136. The molecule has 1 N–H and O–H groups in total. The van der Waals surface area contributed by atoms with Crippen molar-refractivity contribution < 1.29 is 19.1 Å². The number of pyridine rings is 1. The van der Waals surface area contributed by atoms with Gasteiger partial charge < -0.3 is 19.1 Å². The largest absolute Gasteiger partial charge is 0.474 e. The highest BCUT2D eigenvalue weighted by atomic mass is 16.5. The Labute approximate surface area is 292 Å². The van der Waals surface area contributed by atoms with Crippen molar-refractivity contribution in [1.29, 1.82) is 0 Å². The van der Waals surface area contributed by atoms with Crippen molar-refractivity contribution >= 4 is 23.4 Å². The fraction of sp³-hybridized carbons (Fsp3) is 0.410. The van der Waals surface area contributed by atoms with Crippen LogP contribution in [0, 0.1) is 0 Å². The molecule has 6 heterocycles. The third-order valence-corrected chi connectivity index (χ3v) is 10.9. The van der Waals surface area contributed by atoms with Gasteiger partial charge in [-0.2, -0.15) is 0 Å². The molecule has 4 aliphatic heterocycles. The van der Waals surface area contributed by atoms with Gasteiger partial charge in [-0.1, -0.05) is 24.3 Å². The number of hydrogen-bond donors (Lipinski definition) is 1. The molecule has 3 amide bonds. The summed E-state index contributed by atoms with van der Waals surface area (Å²) in [5, 5.41) is 2.38. The number of anilines is 1. The zero-order valence-corrected chi connectivity index (χ0v) is 28.5. The number of imide groups is 1. The number of aryl methyl sites for hydroxylation is 1. The third kappa shape index (κ3) is 6.61. The van der Waals surface area contributed by atoms with Crippen molar-refractivity contribution in [3.05, 3.63) is 95.4 Å². The molecule has 0 spiro atoms. The summed E-state index contributed by atoms with van der Waals surface area (Å²) in [4.78, 5) is 52.6. The van der Waals surface area contributed by atoms with Crippen molar-refractivity contribution in [2.45, 2.75) is 69.7 Å². The maximum atomic E-state index is 13.1. The Balaban J connectivity index is 0.791. The molecule has 258 valence electrons. The van der Waals surface area contributed by atoms with Gasteiger partial charge in [-0.15, -0.1) is 0 Å². The second-order valence-corrected chi connectivity index (χ2v) is 14.1. The van der Waals surface area contributed by atoms with Crippen LogP contribution in [-0.4, -0.2) is 80.4 Å². The summed E-state index contributed by atoms with van der Waals surface area (Å²) in [6.45, 7) is 5.32. The first-order valence-corrected chi connectivity index (χ1v) is 17.8. The molecule has 8 rings (SSSR count). The molecule has 4 aromatic rings. The summed E-state index contributed by atoms with van der Waals surface area (Å²) in [7, 11) is 1.98. The van der Waals surface area contributed by atoms with E-state index in [0.717, 1.165) is 75.4 Å². The summed E-state index contributed by atoms with van der Waals surface area (Å²) in [6, 6.07) is 18.6. The molecule has 0 bridgehead atoms. The highest BCUT2D eigenvalue weighted by Gasteiger charge is 2.39. The van der Waals surface area contributed by atoms with Crippen LogP contribution < -0.4 is 15.0 Å². The van der Waals surface area contributed by atoms with E-state index in [1.807, 2.05) is 42.2 Å². The number of likely N-dealkylation sites (tertiary alicyclic amines) is 1. The minimum Gasteiger partial charge on any atom is -0.474 e. The maximum absolute atomic E-state index is 13.1. The third-order valence-electron chi connectivity index (χ3n) is 10.9. The van der Waals surface area contributed by atoms with E-state index >= 15 is 0 Å². The Morgan fingerprint density at radius 1 is 0.880 bits per heavy atom. The second-order valence-electron chi connectivity index (χ2n) is 14.1. The molecular formula is C39H43N7O4. The van der Waals surface area contributed by atoms with Crippen LogP contribution in [0.5, 0.6) is 5.88 Å². The quantitative estimate of drug-likeness (QED) is 0.269. The summed E-state index contributed by atoms with van der Waals surface area (Å²) in [5.74, 6) is 1.26. The van der Waals surface area contributed by atoms with Gasteiger partial charge >= 0.3 is 0 Å². The molecule has 2 aromatic carbocycles. The molecule has 1 atom stereocenters. The van der Waals surface area contributed by atoms with Gasteiger partial charge in [-0.3, -0.25) is 24.6 Å². The van der Waals surface area contributed by atoms with Gasteiger partial charge in [0.05, 0.1) is 0 Å². The lowest BCUT2D eigenvalue weighted by atomic mass is 9.87. The van der Waals surface area contributed by atoms with Gasteiger partial charge in [0.15, 0.2) is 0 Å². The Bertz CT molecular complexity index is 1870. The first-order valence-electron chi connectivity index (χ1n) is 17.8. The van der Waals surface area contributed by atoms with Gasteiger partial charge in [0.1, 0.15) is 18.0 Å². The monoisotopic (exact) mass is 673 g/mol. The summed E-state index contributed by atoms with van der Waals surface area (Å²) in [6.07, 6.45) is 10.4. The number of hydrogen-bond acceptors (Lipinski definition) is 8. The Morgan fingerprint density at radius 3 is 2.38 bits per heavy atom. The number of rotatable bonds is 8. The zero-order valence-electron chi connectivity index (χ0n) is 28.5. The van der Waals surface area contributed by atoms with Crippen molar-refractivity contribution in [3.63, 3.8) is 0 Å². The average Bonchev–Trinajstić information content (AvgIpc) is 3.71. The molecule has 4 aliphatic rings. The molecule has 3 fully saturated rings. The first kappa shape index (κ1) is 32.2. The number of fused-ring (bicyclic) bond motifs is 1. The number of piperidine rings is 3. The molecule has 11 heteroatoms. The van der Waals surface area contributed by atoms with E-state index in [0.29, 0.717) is 30.3 Å². The molecule has 50 heavy (non-hydrogen) atoms. The zero-order chi connectivity index (χ0) is 34.2. The Kier molecular flexibility index (Phi) is 8.82. The summed E-state index contributed by atoms with van der Waals surface area (Å²) < 4.78 is 8.21. The van der Waals surface area contributed by atoms with Gasteiger partial charge in [-0.25, -0.2) is 9.97 Å². The number of nitrogens with zero attached hydrogens (tertiary/aromatic N) is 6. The van der Waals surface area contributed by atoms with E-state index in [9.17, 15) is 14.4 Å². The topological polar surface area (TPSA) is 113 Å². The SMILES string of the molecule is Cn1ccnc1-c1ccc(OC2CCN(c3ccc(CN4CCC(c5ccc6c(c5)CN(C5CCC(=O)NC5=O)C6=O)CC4)cc3)CC2)nc1. The van der Waals surface area contributed by atoms with E-state index in [1.54, 1.807) is 11.1 Å². The fourth-order valence-corrected chi connectivity index (χ4v) is 7.97. The summed E-state index contributed by atoms with van der Waals surface area (Å²) in [5.41, 5.74) is 6.50. The van der Waals surface area contributed by atoms with Crippen LogP contribution >= 0.6 is 0 Å². The number of aromatic nitrogens is 3. The van der Waals surface area contributed by atoms with Gasteiger partial charge in [-0.05, 0) is 79.2 Å². The van der Waals surface area contributed by atoms with E-state index < -0.39 is 6.04 Å². The number of imidazole rings is 1. The molecule has 2 aromatic heterocycles. The van der Waals surface area contributed by atoms with Crippen molar-refractivity contribution in [1.82, 2.24) is 29.7 Å². The van der Waals surface area contributed by atoms with Crippen LogP contribution in [0.1, 0.15) is 71.5 Å². The highest BCUT2D eigenvalue weighted by Crippen LogP contribution is 2.34. The van der Waals surface area contributed by atoms with Crippen molar-refractivity contribution in [2.24, 2.45) is 7.05 Å². The molecule has 11 nitrogen and oxygen atoms in total. The summed E-state index contributed by atoms with van der Waals surface area (Å²) >= 11 is 0. The first-order chi connectivity index (χ1) is 24.4.